The summed E-state index contributed by atoms with van der Waals surface area (Å²) in [7, 11) is -3.55. The van der Waals surface area contributed by atoms with E-state index in [2.05, 4.69) is 15.2 Å². The van der Waals surface area contributed by atoms with Crippen LogP contribution >= 0.6 is 0 Å². The minimum Gasteiger partial charge on any atom is -0.474 e. The summed E-state index contributed by atoms with van der Waals surface area (Å²) in [6, 6.07) is 3.80. The molecule has 1 N–H and O–H groups in total. The Kier molecular flexibility index (Phi) is 4.27. The SMILES string of the molecule is Cc1ccc(O[C@@H]2C[C@H]3CC[C@@H](C2)N3S(=O)(=O)c2c(C)n[nH]c2C)nc1. The molecule has 4 rings (SSSR count). The number of nitrogens with zero attached hydrogens (tertiary/aromatic N) is 3. The second-order valence-electron chi connectivity index (χ2n) is 7.37. The smallest absolute Gasteiger partial charge is 0.247 e. The van der Waals surface area contributed by atoms with E-state index in [-0.39, 0.29) is 18.2 Å². The van der Waals surface area contributed by atoms with E-state index in [4.69, 9.17) is 4.74 Å². The van der Waals surface area contributed by atoms with Crippen LogP contribution in [-0.2, 0) is 10.0 Å². The van der Waals surface area contributed by atoms with E-state index in [0.717, 1.165) is 18.4 Å². The van der Waals surface area contributed by atoms with Crippen LogP contribution in [0.1, 0.15) is 42.6 Å². The zero-order chi connectivity index (χ0) is 18.5. The molecule has 2 saturated heterocycles. The summed E-state index contributed by atoms with van der Waals surface area (Å²) in [5.74, 6) is 0.609. The maximum Gasteiger partial charge on any atom is 0.247 e. The topological polar surface area (TPSA) is 88.2 Å². The Morgan fingerprint density at radius 2 is 1.85 bits per heavy atom. The van der Waals surface area contributed by atoms with Gasteiger partial charge in [-0.2, -0.15) is 9.40 Å². The highest BCUT2D eigenvalue weighted by molar-refractivity contribution is 7.89. The molecule has 2 aromatic heterocycles. The van der Waals surface area contributed by atoms with E-state index in [1.807, 2.05) is 19.1 Å². The van der Waals surface area contributed by atoms with E-state index < -0.39 is 10.0 Å². The quantitative estimate of drug-likeness (QED) is 0.886. The molecule has 0 saturated carbocycles. The van der Waals surface area contributed by atoms with Gasteiger partial charge in [-0.15, -0.1) is 0 Å². The van der Waals surface area contributed by atoms with E-state index in [1.165, 1.54) is 0 Å². The Balaban J connectivity index is 1.55. The Labute approximate surface area is 153 Å². The standard InChI is InChI=1S/C18H24N4O3S/c1-11-4-7-17(19-10-11)25-16-8-14-5-6-15(9-16)22(14)26(23,24)18-12(2)20-21-13(18)3/h4,7,10,14-16H,5-6,8-9H2,1-3H3,(H,20,21)/t14-,15+,16-. The van der Waals surface area contributed by atoms with Gasteiger partial charge in [-0.25, -0.2) is 13.4 Å². The summed E-state index contributed by atoms with van der Waals surface area (Å²) < 4.78 is 34.3. The number of rotatable bonds is 4. The van der Waals surface area contributed by atoms with Crippen LogP contribution < -0.4 is 4.74 Å². The summed E-state index contributed by atoms with van der Waals surface area (Å²) in [6.45, 7) is 5.48. The summed E-state index contributed by atoms with van der Waals surface area (Å²) >= 11 is 0. The number of hydrogen-bond donors (Lipinski definition) is 1. The first-order chi connectivity index (χ1) is 12.4. The molecule has 7 nitrogen and oxygen atoms in total. The van der Waals surface area contributed by atoms with Crippen molar-refractivity contribution >= 4 is 10.0 Å². The van der Waals surface area contributed by atoms with E-state index in [1.54, 1.807) is 24.3 Å². The van der Waals surface area contributed by atoms with Gasteiger partial charge in [0.25, 0.3) is 0 Å². The molecule has 2 bridgehead atoms. The maximum atomic E-state index is 13.3. The summed E-state index contributed by atoms with van der Waals surface area (Å²) in [5.41, 5.74) is 2.22. The number of aryl methyl sites for hydroxylation is 3. The molecule has 0 unspecified atom stereocenters. The molecule has 140 valence electrons. The Hall–Kier alpha value is -1.93. The number of aromatic amines is 1. The van der Waals surface area contributed by atoms with Gasteiger partial charge >= 0.3 is 0 Å². The van der Waals surface area contributed by atoms with Crippen molar-refractivity contribution in [3.63, 3.8) is 0 Å². The number of H-pyrrole nitrogens is 1. The second kappa shape index (κ2) is 6.35. The van der Waals surface area contributed by atoms with Crippen LogP contribution in [0.3, 0.4) is 0 Å². The van der Waals surface area contributed by atoms with Crippen molar-refractivity contribution in [2.45, 2.75) is 69.5 Å². The number of pyridine rings is 1. The number of aromatic nitrogens is 3. The normalized spacial score (nSPS) is 26.2. The molecule has 2 aliphatic rings. The first-order valence-corrected chi connectivity index (χ1v) is 10.4. The zero-order valence-corrected chi connectivity index (χ0v) is 16.1. The van der Waals surface area contributed by atoms with E-state index >= 15 is 0 Å². The van der Waals surface area contributed by atoms with Gasteiger partial charge in [-0.1, -0.05) is 6.07 Å². The van der Waals surface area contributed by atoms with Crippen molar-refractivity contribution in [2.24, 2.45) is 0 Å². The van der Waals surface area contributed by atoms with Gasteiger partial charge in [-0.3, -0.25) is 5.10 Å². The first-order valence-electron chi connectivity index (χ1n) is 9.00. The zero-order valence-electron chi connectivity index (χ0n) is 15.3. The summed E-state index contributed by atoms with van der Waals surface area (Å²) in [6.07, 6.45) is 4.93. The van der Waals surface area contributed by atoms with E-state index in [9.17, 15) is 8.42 Å². The van der Waals surface area contributed by atoms with Crippen LogP contribution in [0.2, 0.25) is 0 Å². The van der Waals surface area contributed by atoms with Crippen LogP contribution in [0.25, 0.3) is 0 Å². The largest absolute Gasteiger partial charge is 0.474 e. The van der Waals surface area contributed by atoms with Crippen molar-refractivity contribution in [3.05, 3.63) is 35.3 Å². The molecule has 0 spiro atoms. The Bertz CT molecular complexity index is 874. The van der Waals surface area contributed by atoms with Gasteiger partial charge in [0, 0.05) is 37.2 Å². The third-order valence-electron chi connectivity index (χ3n) is 5.39. The minimum absolute atomic E-state index is 0.000648. The lowest BCUT2D eigenvalue weighted by Gasteiger charge is -2.37. The molecular weight excluding hydrogens is 352 g/mol. The second-order valence-corrected chi connectivity index (χ2v) is 9.15. The van der Waals surface area contributed by atoms with Gasteiger partial charge in [0.1, 0.15) is 11.0 Å². The lowest BCUT2D eigenvalue weighted by atomic mass is 10.0. The van der Waals surface area contributed by atoms with Crippen molar-refractivity contribution < 1.29 is 13.2 Å². The van der Waals surface area contributed by atoms with Gasteiger partial charge < -0.3 is 4.74 Å². The highest BCUT2D eigenvalue weighted by atomic mass is 32.2. The highest BCUT2D eigenvalue weighted by Crippen LogP contribution is 2.41. The maximum absolute atomic E-state index is 13.3. The monoisotopic (exact) mass is 376 g/mol. The highest BCUT2D eigenvalue weighted by Gasteiger charge is 2.49. The van der Waals surface area contributed by atoms with Crippen molar-refractivity contribution in [1.29, 1.82) is 0 Å². The predicted molar refractivity (Wildman–Crippen MR) is 96.5 cm³/mol. The van der Waals surface area contributed by atoms with Crippen molar-refractivity contribution in [1.82, 2.24) is 19.5 Å². The third-order valence-corrected chi connectivity index (χ3v) is 7.66. The Morgan fingerprint density at radius 1 is 1.15 bits per heavy atom. The van der Waals surface area contributed by atoms with Crippen LogP contribution in [-0.4, -0.2) is 46.1 Å². The fraction of sp³-hybridized carbons (Fsp3) is 0.556. The molecule has 2 aromatic rings. The molecule has 0 aromatic carbocycles. The molecule has 2 aliphatic heterocycles. The van der Waals surface area contributed by atoms with Gasteiger partial charge in [0.05, 0.1) is 11.4 Å². The van der Waals surface area contributed by atoms with E-state index in [0.29, 0.717) is 35.0 Å². The molecule has 4 heterocycles. The molecule has 8 heteroatoms. The molecule has 0 amide bonds. The molecule has 26 heavy (non-hydrogen) atoms. The fourth-order valence-corrected chi connectivity index (χ4v) is 6.52. The van der Waals surface area contributed by atoms with Crippen LogP contribution in [0.15, 0.2) is 23.2 Å². The molecule has 0 aliphatic carbocycles. The molecule has 2 fully saturated rings. The third kappa shape index (κ3) is 2.91. The first kappa shape index (κ1) is 17.5. The fourth-order valence-electron chi connectivity index (χ4n) is 4.29. The number of fused-ring (bicyclic) bond motifs is 2. The van der Waals surface area contributed by atoms with Gasteiger partial charge in [0.15, 0.2) is 0 Å². The summed E-state index contributed by atoms with van der Waals surface area (Å²) in [4.78, 5) is 4.64. The lowest BCUT2D eigenvalue weighted by Crippen LogP contribution is -2.49. The minimum atomic E-state index is -3.55. The number of ether oxygens (including phenoxy) is 1. The Morgan fingerprint density at radius 3 is 2.38 bits per heavy atom. The van der Waals surface area contributed by atoms with Crippen molar-refractivity contribution in [3.8, 4) is 5.88 Å². The van der Waals surface area contributed by atoms with Gasteiger partial charge in [0.2, 0.25) is 15.9 Å². The average molecular weight is 376 g/mol. The number of nitrogens with one attached hydrogen (secondary N) is 1. The van der Waals surface area contributed by atoms with Crippen molar-refractivity contribution in [2.75, 3.05) is 0 Å². The van der Waals surface area contributed by atoms with Crippen LogP contribution in [0, 0.1) is 20.8 Å². The summed E-state index contributed by atoms with van der Waals surface area (Å²) in [5, 5.41) is 6.85. The van der Waals surface area contributed by atoms with Crippen LogP contribution in [0.5, 0.6) is 5.88 Å². The molecule has 0 radical (unpaired) electrons. The number of sulfonamides is 1. The van der Waals surface area contributed by atoms with Crippen LogP contribution in [0.4, 0.5) is 0 Å². The molecule has 3 atom stereocenters. The lowest BCUT2D eigenvalue weighted by molar-refractivity contribution is 0.0918. The van der Waals surface area contributed by atoms with Gasteiger partial charge in [-0.05, 0) is 39.2 Å². The predicted octanol–water partition coefficient (Wildman–Crippen LogP) is 2.49. The molecular formula is C18H24N4O3S. The number of hydrogen-bond acceptors (Lipinski definition) is 5. The average Bonchev–Trinajstić information content (AvgIpc) is 3.07. The number of piperidine rings is 1.